The molecule has 1 N–H and O–H groups in total. The molecule has 2 aromatic rings. The van der Waals surface area contributed by atoms with E-state index in [-0.39, 0.29) is 17.1 Å². The molecule has 1 amide bonds. The topological polar surface area (TPSA) is 66.5 Å². The predicted molar refractivity (Wildman–Crippen MR) is 86.0 cm³/mol. The number of hydrogen-bond acceptors (Lipinski definition) is 3. The number of nitrogens with zero attached hydrogens (tertiary/aromatic N) is 1. The zero-order chi connectivity index (χ0) is 17.0. The fourth-order valence-electron chi connectivity index (χ4n) is 1.94. The summed E-state index contributed by atoms with van der Waals surface area (Å²) in [4.78, 5) is 12.0. The van der Waals surface area contributed by atoms with Crippen molar-refractivity contribution in [3.63, 3.8) is 0 Å². The number of benzene rings is 2. The van der Waals surface area contributed by atoms with Crippen LogP contribution in [-0.2, 0) is 14.8 Å². The molecular weight excluding hydrogens is 319 g/mol. The molecule has 0 heterocycles. The number of hydrogen-bond donors (Lipinski definition) is 1. The van der Waals surface area contributed by atoms with Crippen LogP contribution >= 0.6 is 0 Å². The first-order valence-electron chi connectivity index (χ1n) is 6.87. The van der Waals surface area contributed by atoms with Gasteiger partial charge in [0, 0.05) is 12.7 Å². The summed E-state index contributed by atoms with van der Waals surface area (Å²) in [6.45, 7) is 1.49. The van der Waals surface area contributed by atoms with Gasteiger partial charge in [0.15, 0.2) is 0 Å². The highest BCUT2D eigenvalue weighted by Crippen LogP contribution is 2.15. The minimum absolute atomic E-state index is 0.115. The quantitative estimate of drug-likeness (QED) is 0.912. The van der Waals surface area contributed by atoms with Crippen LogP contribution in [0.15, 0.2) is 53.4 Å². The number of sulfonamides is 1. The van der Waals surface area contributed by atoms with Gasteiger partial charge in [0.1, 0.15) is 5.82 Å². The van der Waals surface area contributed by atoms with E-state index in [4.69, 9.17) is 0 Å². The first-order valence-corrected chi connectivity index (χ1v) is 8.31. The molecule has 0 saturated carbocycles. The zero-order valence-electron chi connectivity index (χ0n) is 12.8. The van der Waals surface area contributed by atoms with Gasteiger partial charge in [-0.05, 0) is 37.3 Å². The van der Waals surface area contributed by atoms with Crippen molar-refractivity contribution in [2.75, 3.05) is 18.9 Å². The van der Waals surface area contributed by atoms with E-state index in [1.54, 1.807) is 12.1 Å². The molecule has 2 aromatic carbocycles. The Bertz CT molecular complexity index is 804. The molecule has 2 rings (SSSR count). The van der Waals surface area contributed by atoms with E-state index in [0.717, 1.165) is 15.9 Å². The van der Waals surface area contributed by atoms with E-state index in [1.807, 2.05) is 6.92 Å². The number of amides is 1. The fourth-order valence-corrected chi connectivity index (χ4v) is 3.07. The zero-order valence-corrected chi connectivity index (χ0v) is 13.6. The molecular formula is C16H17FN2O3S. The van der Waals surface area contributed by atoms with Crippen molar-refractivity contribution < 1.29 is 17.6 Å². The van der Waals surface area contributed by atoms with Crippen LogP contribution in [0, 0.1) is 12.7 Å². The minimum Gasteiger partial charge on any atom is -0.325 e. The summed E-state index contributed by atoms with van der Waals surface area (Å²) >= 11 is 0. The molecule has 0 saturated heterocycles. The second-order valence-electron chi connectivity index (χ2n) is 5.13. The Hall–Kier alpha value is -2.25. The summed E-state index contributed by atoms with van der Waals surface area (Å²) in [7, 11) is -2.43. The van der Waals surface area contributed by atoms with Gasteiger partial charge in [-0.2, -0.15) is 4.31 Å². The molecule has 0 aromatic heterocycles. The Morgan fingerprint density at radius 2 is 1.83 bits per heavy atom. The van der Waals surface area contributed by atoms with Crippen molar-refractivity contribution in [3.8, 4) is 0 Å². The maximum atomic E-state index is 13.1. The molecule has 7 heteroatoms. The molecule has 0 radical (unpaired) electrons. The highest BCUT2D eigenvalue weighted by molar-refractivity contribution is 7.89. The highest BCUT2D eigenvalue weighted by Gasteiger charge is 2.22. The Kier molecular flexibility index (Phi) is 5.12. The van der Waals surface area contributed by atoms with Crippen LogP contribution in [0.4, 0.5) is 10.1 Å². The number of aryl methyl sites for hydroxylation is 1. The van der Waals surface area contributed by atoms with Crippen molar-refractivity contribution in [2.24, 2.45) is 0 Å². The van der Waals surface area contributed by atoms with Crippen LogP contribution in [0.1, 0.15) is 5.56 Å². The van der Waals surface area contributed by atoms with Crippen LogP contribution in [0.5, 0.6) is 0 Å². The van der Waals surface area contributed by atoms with Gasteiger partial charge in [-0.1, -0.05) is 23.8 Å². The Labute approximate surface area is 134 Å². The maximum absolute atomic E-state index is 13.1. The number of anilines is 1. The van der Waals surface area contributed by atoms with Crippen LogP contribution in [0.2, 0.25) is 0 Å². The third-order valence-corrected chi connectivity index (χ3v) is 5.02. The molecule has 122 valence electrons. The molecule has 5 nitrogen and oxygen atoms in total. The highest BCUT2D eigenvalue weighted by atomic mass is 32.2. The molecule has 0 atom stereocenters. The lowest BCUT2D eigenvalue weighted by molar-refractivity contribution is -0.116. The van der Waals surface area contributed by atoms with E-state index in [2.05, 4.69) is 5.32 Å². The predicted octanol–water partition coefficient (Wildman–Crippen LogP) is 2.39. The minimum atomic E-state index is -3.75. The Morgan fingerprint density at radius 3 is 2.43 bits per heavy atom. The van der Waals surface area contributed by atoms with E-state index in [0.29, 0.717) is 0 Å². The van der Waals surface area contributed by atoms with Gasteiger partial charge in [-0.3, -0.25) is 4.79 Å². The molecule has 0 aliphatic rings. The second kappa shape index (κ2) is 6.89. The molecule has 23 heavy (non-hydrogen) atoms. The third kappa shape index (κ3) is 4.37. The van der Waals surface area contributed by atoms with Crippen LogP contribution in [0.25, 0.3) is 0 Å². The number of nitrogens with one attached hydrogen (secondary N) is 1. The van der Waals surface area contributed by atoms with Crippen molar-refractivity contribution in [1.82, 2.24) is 4.31 Å². The first-order chi connectivity index (χ1) is 10.8. The van der Waals surface area contributed by atoms with Gasteiger partial charge in [0.2, 0.25) is 15.9 Å². The summed E-state index contributed by atoms with van der Waals surface area (Å²) in [6, 6.07) is 11.8. The molecule has 0 fully saturated rings. The average Bonchev–Trinajstić information content (AvgIpc) is 2.47. The second-order valence-corrected chi connectivity index (χ2v) is 7.18. The van der Waals surface area contributed by atoms with Gasteiger partial charge in [-0.25, -0.2) is 12.8 Å². The van der Waals surface area contributed by atoms with E-state index in [9.17, 15) is 17.6 Å². The van der Waals surface area contributed by atoms with E-state index < -0.39 is 21.7 Å². The van der Waals surface area contributed by atoms with Crippen molar-refractivity contribution in [3.05, 3.63) is 59.9 Å². The molecule has 0 aliphatic heterocycles. The first kappa shape index (κ1) is 17.1. The fraction of sp³-hybridized carbons (Fsp3) is 0.188. The normalized spacial score (nSPS) is 11.5. The molecule has 0 bridgehead atoms. The summed E-state index contributed by atoms with van der Waals surface area (Å²) < 4.78 is 38.8. The van der Waals surface area contributed by atoms with E-state index in [1.165, 1.54) is 37.4 Å². The Morgan fingerprint density at radius 1 is 1.17 bits per heavy atom. The van der Waals surface area contributed by atoms with E-state index >= 15 is 0 Å². The summed E-state index contributed by atoms with van der Waals surface area (Å²) in [5.41, 5.74) is 1.21. The number of likely N-dealkylation sites (N-methyl/N-ethyl adjacent to an activating group) is 1. The number of carbonyl (C=O) groups excluding carboxylic acids is 1. The van der Waals surface area contributed by atoms with Crippen LogP contribution in [-0.4, -0.2) is 32.2 Å². The lowest BCUT2D eigenvalue weighted by Gasteiger charge is -2.17. The number of rotatable bonds is 5. The number of carbonyl (C=O) groups is 1. The maximum Gasteiger partial charge on any atom is 0.243 e. The largest absolute Gasteiger partial charge is 0.325 e. The Balaban J connectivity index is 2.06. The third-order valence-electron chi connectivity index (χ3n) is 3.20. The molecule has 0 aliphatic carbocycles. The molecule has 0 unspecified atom stereocenters. The SMILES string of the molecule is Cc1ccc(S(=O)(=O)N(C)CC(=O)Nc2cccc(F)c2)cc1. The monoisotopic (exact) mass is 336 g/mol. The summed E-state index contributed by atoms with van der Waals surface area (Å²) in [6.07, 6.45) is 0. The molecule has 0 spiro atoms. The smallest absolute Gasteiger partial charge is 0.243 e. The van der Waals surface area contributed by atoms with Crippen LogP contribution in [0.3, 0.4) is 0 Å². The van der Waals surface area contributed by atoms with Gasteiger partial charge in [-0.15, -0.1) is 0 Å². The van der Waals surface area contributed by atoms with Crippen molar-refractivity contribution >= 4 is 21.6 Å². The standard InChI is InChI=1S/C16H17FN2O3S/c1-12-6-8-15(9-7-12)23(21,22)19(2)11-16(20)18-14-5-3-4-13(17)10-14/h3-10H,11H2,1-2H3,(H,18,20). The van der Waals surface area contributed by atoms with Crippen LogP contribution < -0.4 is 5.32 Å². The lowest BCUT2D eigenvalue weighted by Crippen LogP contribution is -2.34. The van der Waals surface area contributed by atoms with Gasteiger partial charge < -0.3 is 5.32 Å². The van der Waals surface area contributed by atoms with Gasteiger partial charge in [0.05, 0.1) is 11.4 Å². The lowest BCUT2D eigenvalue weighted by atomic mass is 10.2. The number of halogens is 1. The average molecular weight is 336 g/mol. The summed E-state index contributed by atoms with van der Waals surface area (Å²) in [5.74, 6) is -1.03. The van der Waals surface area contributed by atoms with Gasteiger partial charge >= 0.3 is 0 Å². The van der Waals surface area contributed by atoms with Crippen molar-refractivity contribution in [2.45, 2.75) is 11.8 Å². The van der Waals surface area contributed by atoms with Crippen molar-refractivity contribution in [1.29, 1.82) is 0 Å². The summed E-state index contributed by atoms with van der Waals surface area (Å²) in [5, 5.41) is 2.46. The van der Waals surface area contributed by atoms with Gasteiger partial charge in [0.25, 0.3) is 0 Å².